The molecular weight excluding hydrogens is 512 g/mol. The van der Waals surface area contributed by atoms with Crippen LogP contribution in [0.4, 0.5) is 0 Å². The van der Waals surface area contributed by atoms with Gasteiger partial charge in [0.05, 0.1) is 25.8 Å². The van der Waals surface area contributed by atoms with Crippen LogP contribution < -0.4 is 9.47 Å². The van der Waals surface area contributed by atoms with E-state index in [-0.39, 0.29) is 6.42 Å². The van der Waals surface area contributed by atoms with Gasteiger partial charge in [0.25, 0.3) is 0 Å². The summed E-state index contributed by atoms with van der Waals surface area (Å²) in [5.41, 5.74) is 1.71. The number of hydrogen-bond donors (Lipinski definition) is 2. The number of hydrogen-bond acceptors (Lipinski definition) is 7. The Labute approximate surface area is 235 Å². The molecule has 0 aliphatic carbocycles. The predicted molar refractivity (Wildman–Crippen MR) is 156 cm³/mol. The Balaban J connectivity index is 1.30. The van der Waals surface area contributed by atoms with Crippen molar-refractivity contribution in [1.82, 2.24) is 9.88 Å². The fourth-order valence-electron chi connectivity index (χ4n) is 5.62. The maximum Gasteiger partial charge on any atom is 0.303 e. The Hall–Kier alpha value is -2.81. The first-order valence-electron chi connectivity index (χ1n) is 13.8. The van der Waals surface area contributed by atoms with Crippen molar-refractivity contribution in [3.63, 3.8) is 0 Å². The number of nitrogens with zero attached hydrogens (tertiary/aromatic N) is 2. The van der Waals surface area contributed by atoms with Gasteiger partial charge in [-0.05, 0) is 117 Å². The Bertz CT molecular complexity index is 1210. The molecule has 4 rings (SSSR count). The SMILES string of the molecule is COc1ccc(SCCCN2CCC(CC[C@H](O)c3ccnc4ccc(OC)cc34)C(CCC(=O)O)C2)cc1. The summed E-state index contributed by atoms with van der Waals surface area (Å²) in [7, 11) is 3.31. The van der Waals surface area contributed by atoms with Crippen molar-refractivity contribution in [3.05, 3.63) is 60.3 Å². The number of fused-ring (bicyclic) bond motifs is 1. The molecule has 210 valence electrons. The quantitative estimate of drug-likeness (QED) is 0.184. The van der Waals surface area contributed by atoms with E-state index in [0.29, 0.717) is 24.7 Å². The molecule has 3 atom stereocenters. The van der Waals surface area contributed by atoms with E-state index in [4.69, 9.17) is 9.47 Å². The van der Waals surface area contributed by atoms with Crippen LogP contribution in [-0.4, -0.2) is 65.7 Å². The Morgan fingerprint density at radius 1 is 1.08 bits per heavy atom. The molecule has 39 heavy (non-hydrogen) atoms. The van der Waals surface area contributed by atoms with E-state index in [1.807, 2.05) is 48.2 Å². The highest BCUT2D eigenvalue weighted by Gasteiger charge is 2.30. The van der Waals surface area contributed by atoms with Crippen LogP contribution in [0, 0.1) is 11.8 Å². The minimum Gasteiger partial charge on any atom is -0.497 e. The van der Waals surface area contributed by atoms with Gasteiger partial charge in [0.1, 0.15) is 11.5 Å². The maximum absolute atomic E-state index is 11.4. The molecule has 8 heteroatoms. The lowest BCUT2D eigenvalue weighted by molar-refractivity contribution is -0.137. The molecule has 2 N–H and O–H groups in total. The van der Waals surface area contributed by atoms with Gasteiger partial charge in [-0.3, -0.25) is 9.78 Å². The lowest BCUT2D eigenvalue weighted by Crippen LogP contribution is -2.41. The van der Waals surface area contributed by atoms with Crippen molar-refractivity contribution in [2.24, 2.45) is 11.8 Å². The van der Waals surface area contributed by atoms with Gasteiger partial charge >= 0.3 is 5.97 Å². The summed E-state index contributed by atoms with van der Waals surface area (Å²) in [5, 5.41) is 21.4. The fraction of sp³-hybridized carbons (Fsp3) is 0.484. The molecule has 1 aliphatic heterocycles. The molecule has 2 aromatic carbocycles. The highest BCUT2D eigenvalue weighted by atomic mass is 32.2. The van der Waals surface area contributed by atoms with E-state index in [1.165, 1.54) is 4.90 Å². The lowest BCUT2D eigenvalue weighted by atomic mass is 9.79. The van der Waals surface area contributed by atoms with E-state index >= 15 is 0 Å². The number of piperidine rings is 1. The molecule has 2 heterocycles. The third kappa shape index (κ3) is 8.34. The molecule has 1 aliphatic rings. The van der Waals surface area contributed by atoms with Crippen molar-refractivity contribution in [2.45, 2.75) is 49.5 Å². The Morgan fingerprint density at radius 2 is 1.85 bits per heavy atom. The zero-order valence-corrected chi connectivity index (χ0v) is 23.7. The molecule has 1 saturated heterocycles. The van der Waals surface area contributed by atoms with Gasteiger partial charge in [-0.2, -0.15) is 0 Å². The molecule has 3 aromatic rings. The van der Waals surface area contributed by atoms with Gasteiger partial charge in [0.15, 0.2) is 0 Å². The number of aliphatic hydroxyl groups is 1. The van der Waals surface area contributed by atoms with Crippen molar-refractivity contribution in [1.29, 1.82) is 0 Å². The zero-order chi connectivity index (χ0) is 27.6. The first kappa shape index (κ1) is 29.2. The summed E-state index contributed by atoms with van der Waals surface area (Å²) in [6, 6.07) is 15.8. The first-order chi connectivity index (χ1) is 19.0. The van der Waals surface area contributed by atoms with E-state index in [0.717, 1.165) is 72.6 Å². The molecule has 0 radical (unpaired) electrons. The number of pyridine rings is 1. The minimum atomic E-state index is -0.737. The van der Waals surface area contributed by atoms with Crippen molar-refractivity contribution >= 4 is 28.6 Å². The van der Waals surface area contributed by atoms with Crippen LogP contribution in [0.15, 0.2) is 59.6 Å². The van der Waals surface area contributed by atoms with Crippen LogP contribution >= 0.6 is 11.8 Å². The van der Waals surface area contributed by atoms with Gasteiger partial charge in [-0.15, -0.1) is 11.8 Å². The predicted octanol–water partition coefficient (Wildman–Crippen LogP) is 6.05. The van der Waals surface area contributed by atoms with Crippen LogP contribution in [-0.2, 0) is 4.79 Å². The number of thioether (sulfide) groups is 1. The highest BCUT2D eigenvalue weighted by molar-refractivity contribution is 7.99. The van der Waals surface area contributed by atoms with Crippen LogP contribution in [0.1, 0.15) is 50.2 Å². The number of carbonyl (C=O) groups is 1. The second-order valence-electron chi connectivity index (χ2n) is 10.3. The minimum absolute atomic E-state index is 0.194. The smallest absolute Gasteiger partial charge is 0.303 e. The van der Waals surface area contributed by atoms with Gasteiger partial charge in [-0.1, -0.05) is 0 Å². The lowest BCUT2D eigenvalue weighted by Gasteiger charge is -2.39. The summed E-state index contributed by atoms with van der Waals surface area (Å²) in [5.74, 6) is 2.66. The number of aliphatic carboxylic acids is 1. The van der Waals surface area contributed by atoms with Gasteiger partial charge in [0.2, 0.25) is 0 Å². The van der Waals surface area contributed by atoms with Gasteiger partial charge < -0.3 is 24.6 Å². The third-order valence-electron chi connectivity index (χ3n) is 7.80. The summed E-state index contributed by atoms with van der Waals surface area (Å²) in [4.78, 5) is 19.5. The van der Waals surface area contributed by atoms with Gasteiger partial charge in [-0.25, -0.2) is 0 Å². The molecular formula is C31H40N2O5S. The van der Waals surface area contributed by atoms with E-state index in [9.17, 15) is 15.0 Å². The number of aliphatic hydroxyl groups excluding tert-OH is 1. The number of likely N-dealkylation sites (tertiary alicyclic amines) is 1. The first-order valence-corrected chi connectivity index (χ1v) is 14.8. The van der Waals surface area contributed by atoms with Crippen LogP contribution in [0.2, 0.25) is 0 Å². The number of benzene rings is 2. The van der Waals surface area contributed by atoms with E-state index in [2.05, 4.69) is 22.0 Å². The van der Waals surface area contributed by atoms with Gasteiger partial charge in [0, 0.05) is 29.4 Å². The largest absolute Gasteiger partial charge is 0.497 e. The highest BCUT2D eigenvalue weighted by Crippen LogP contribution is 2.35. The molecule has 7 nitrogen and oxygen atoms in total. The maximum atomic E-state index is 11.4. The second kappa shape index (κ2) is 14.5. The zero-order valence-electron chi connectivity index (χ0n) is 22.9. The average Bonchev–Trinajstić information content (AvgIpc) is 2.97. The topological polar surface area (TPSA) is 92.1 Å². The standard InChI is InChI=1S/C31H40N2O5S/c1-37-24-6-9-26(10-7-24)39-19-3-17-33-18-15-22(23(21-33)5-13-31(35)36)4-12-30(34)27-14-16-32-29-11-8-25(38-2)20-28(27)29/h6-11,14,16,20,22-23,30,34H,3-5,12-13,15,17-19,21H2,1-2H3,(H,35,36)/t22?,23?,30-/m0/s1. The number of ether oxygens (including phenoxy) is 2. The van der Waals surface area contributed by atoms with Crippen molar-refractivity contribution < 1.29 is 24.5 Å². The molecule has 2 unspecified atom stereocenters. The average molecular weight is 553 g/mol. The monoisotopic (exact) mass is 552 g/mol. The van der Waals surface area contributed by atoms with E-state index in [1.54, 1.807) is 20.4 Å². The number of methoxy groups -OCH3 is 2. The van der Waals surface area contributed by atoms with E-state index < -0.39 is 12.1 Å². The second-order valence-corrected chi connectivity index (χ2v) is 11.5. The molecule has 0 amide bonds. The van der Waals surface area contributed by atoms with Crippen LogP contribution in [0.25, 0.3) is 10.9 Å². The number of aromatic nitrogens is 1. The summed E-state index contributed by atoms with van der Waals surface area (Å²) >= 11 is 1.86. The molecule has 1 fully saturated rings. The Morgan fingerprint density at radius 3 is 2.59 bits per heavy atom. The molecule has 1 aromatic heterocycles. The molecule has 0 bridgehead atoms. The van der Waals surface area contributed by atoms with Crippen molar-refractivity contribution in [2.75, 3.05) is 39.6 Å². The summed E-state index contributed by atoms with van der Waals surface area (Å²) < 4.78 is 10.6. The normalized spacial score (nSPS) is 18.6. The fourth-order valence-corrected chi connectivity index (χ4v) is 6.45. The number of carboxylic acid groups (broad SMARTS) is 1. The summed E-state index contributed by atoms with van der Waals surface area (Å²) in [6.07, 6.45) is 5.66. The number of carboxylic acids is 1. The third-order valence-corrected chi connectivity index (χ3v) is 8.90. The molecule has 0 saturated carbocycles. The van der Waals surface area contributed by atoms with Crippen molar-refractivity contribution in [3.8, 4) is 11.5 Å². The molecule has 0 spiro atoms. The van der Waals surface area contributed by atoms with Crippen LogP contribution in [0.3, 0.4) is 0 Å². The van der Waals surface area contributed by atoms with Crippen LogP contribution in [0.5, 0.6) is 11.5 Å². The Kier molecular flexibility index (Phi) is 10.9. The summed E-state index contributed by atoms with van der Waals surface area (Å²) in [6.45, 7) is 2.97. The number of rotatable bonds is 14.